The van der Waals surface area contributed by atoms with Crippen molar-refractivity contribution in [2.24, 2.45) is 5.10 Å². The third kappa shape index (κ3) is 4.62. The summed E-state index contributed by atoms with van der Waals surface area (Å²) in [6.45, 7) is 7.94. The van der Waals surface area contributed by atoms with Crippen LogP contribution < -0.4 is 25.0 Å². The Hall–Kier alpha value is -3.33. The Bertz CT molecular complexity index is 1160. The fourth-order valence-corrected chi connectivity index (χ4v) is 4.14. The zero-order valence-electron chi connectivity index (χ0n) is 19.4. The summed E-state index contributed by atoms with van der Waals surface area (Å²) >= 11 is 1.50. The molecule has 0 spiro atoms. The minimum atomic E-state index is -0.277. The molecule has 0 saturated carbocycles. The first-order chi connectivity index (χ1) is 15.3. The predicted octanol–water partition coefficient (Wildman–Crippen LogP) is 5.39. The fraction of sp³-hybridized carbons (Fsp3) is 0.348. The maximum Gasteiger partial charge on any atom is 0.255 e. The van der Waals surface area contributed by atoms with Crippen LogP contribution in [0.4, 0.5) is 10.8 Å². The molecular weight excluding hydrogens is 428 g/mol. The van der Waals surface area contributed by atoms with Crippen LogP contribution in [0.25, 0.3) is 10.2 Å². The number of ether oxygens (including phenoxy) is 3. The van der Waals surface area contributed by atoms with Crippen LogP contribution in [0.2, 0.25) is 0 Å². The first-order valence-electron chi connectivity index (χ1n) is 10.1. The van der Waals surface area contributed by atoms with Crippen LogP contribution in [0.1, 0.15) is 41.8 Å². The van der Waals surface area contributed by atoms with Gasteiger partial charge >= 0.3 is 0 Å². The normalized spacial score (nSPS) is 11.4. The van der Waals surface area contributed by atoms with Crippen LogP contribution >= 0.6 is 11.3 Å². The van der Waals surface area contributed by atoms with Gasteiger partial charge < -0.3 is 19.5 Å². The second-order valence-corrected chi connectivity index (χ2v) is 8.24. The second kappa shape index (κ2) is 9.86. The van der Waals surface area contributed by atoms with E-state index in [0.717, 1.165) is 39.2 Å². The molecule has 0 aliphatic rings. The lowest BCUT2D eigenvalue weighted by molar-refractivity contribution is 0.102. The highest BCUT2D eigenvalue weighted by Crippen LogP contribution is 2.39. The molecule has 0 fully saturated rings. The lowest BCUT2D eigenvalue weighted by Gasteiger charge is -2.15. The zero-order valence-corrected chi connectivity index (χ0v) is 20.2. The number of hydrogen-bond acceptors (Lipinski definition) is 8. The highest BCUT2D eigenvalue weighted by Gasteiger charge is 2.19. The molecule has 3 aromatic rings. The van der Waals surface area contributed by atoms with Crippen LogP contribution in [-0.4, -0.2) is 37.9 Å². The van der Waals surface area contributed by atoms with Crippen molar-refractivity contribution in [2.45, 2.75) is 34.1 Å². The van der Waals surface area contributed by atoms with Crippen LogP contribution in [0.5, 0.6) is 17.2 Å². The summed E-state index contributed by atoms with van der Waals surface area (Å²) in [5, 5.41) is 8.08. The first-order valence-corrected chi connectivity index (χ1v) is 11.0. The largest absolute Gasteiger partial charge is 0.493 e. The molecule has 8 nitrogen and oxygen atoms in total. The smallest absolute Gasteiger partial charge is 0.255 e. The fourth-order valence-electron chi connectivity index (χ4n) is 3.25. The van der Waals surface area contributed by atoms with Crippen molar-refractivity contribution in [3.63, 3.8) is 0 Å². The quantitative estimate of drug-likeness (QED) is 0.349. The minimum absolute atomic E-state index is 0.277. The summed E-state index contributed by atoms with van der Waals surface area (Å²) in [6, 6.07) is 5.22. The van der Waals surface area contributed by atoms with Gasteiger partial charge in [0.25, 0.3) is 5.91 Å². The molecule has 0 bridgehead atoms. The van der Waals surface area contributed by atoms with Crippen molar-refractivity contribution in [2.75, 3.05) is 32.1 Å². The van der Waals surface area contributed by atoms with Gasteiger partial charge in [-0.15, -0.1) is 0 Å². The summed E-state index contributed by atoms with van der Waals surface area (Å²) in [5.41, 5.74) is 7.89. The number of rotatable bonds is 8. The van der Waals surface area contributed by atoms with Crippen molar-refractivity contribution in [3.8, 4) is 17.2 Å². The number of methoxy groups -OCH3 is 3. The molecular formula is C23H28N4O4S. The van der Waals surface area contributed by atoms with Gasteiger partial charge in [-0.2, -0.15) is 5.10 Å². The van der Waals surface area contributed by atoms with Gasteiger partial charge in [-0.05, 0) is 56.5 Å². The summed E-state index contributed by atoms with van der Waals surface area (Å²) in [5.74, 6) is 0.996. The van der Waals surface area contributed by atoms with E-state index in [0.29, 0.717) is 27.9 Å². The van der Waals surface area contributed by atoms with Gasteiger partial charge in [-0.3, -0.25) is 10.2 Å². The predicted molar refractivity (Wildman–Crippen MR) is 130 cm³/mol. The van der Waals surface area contributed by atoms with Crippen LogP contribution in [0.3, 0.4) is 0 Å². The van der Waals surface area contributed by atoms with Gasteiger partial charge in [0, 0.05) is 17.0 Å². The topological polar surface area (TPSA) is 94.1 Å². The van der Waals surface area contributed by atoms with E-state index in [1.807, 2.05) is 26.8 Å². The summed E-state index contributed by atoms with van der Waals surface area (Å²) in [6.07, 6.45) is 0.868. The molecule has 1 aromatic heterocycles. The van der Waals surface area contributed by atoms with Crippen LogP contribution in [0, 0.1) is 13.8 Å². The van der Waals surface area contributed by atoms with Gasteiger partial charge in [0.15, 0.2) is 11.5 Å². The molecule has 0 atom stereocenters. The lowest BCUT2D eigenvalue weighted by atomic mass is 10.1. The standard InChI is InChI=1S/C23H28N4O4S/c1-8-13(3)26-27-23-24-16-9-12(2)19(14(4)21(16)32-23)25-22(28)15-10-17(29-5)20(31-7)18(11-15)30-6/h9-11H,8H2,1-7H3,(H,24,27)(H,25,28)/b26-13-. The van der Waals surface area contributed by atoms with E-state index in [4.69, 9.17) is 14.2 Å². The molecule has 0 radical (unpaired) electrons. The van der Waals surface area contributed by atoms with E-state index in [2.05, 4.69) is 27.8 Å². The van der Waals surface area contributed by atoms with Gasteiger partial charge in [0.1, 0.15) is 0 Å². The highest BCUT2D eigenvalue weighted by atomic mass is 32.1. The van der Waals surface area contributed by atoms with Gasteiger partial charge in [0.2, 0.25) is 10.9 Å². The average molecular weight is 457 g/mol. The molecule has 170 valence electrons. The molecule has 0 aliphatic heterocycles. The van der Waals surface area contributed by atoms with Gasteiger partial charge in [-0.1, -0.05) is 18.3 Å². The maximum absolute atomic E-state index is 13.1. The Labute approximate surface area is 191 Å². The van der Waals surface area contributed by atoms with Crippen molar-refractivity contribution in [1.82, 2.24) is 4.98 Å². The number of nitrogens with zero attached hydrogens (tertiary/aromatic N) is 2. The van der Waals surface area contributed by atoms with Crippen molar-refractivity contribution >= 4 is 44.0 Å². The maximum atomic E-state index is 13.1. The summed E-state index contributed by atoms with van der Waals surface area (Å²) < 4.78 is 17.1. The van der Waals surface area contributed by atoms with E-state index < -0.39 is 0 Å². The Morgan fingerprint density at radius 2 is 1.75 bits per heavy atom. The number of carbonyl (C=O) groups excluding carboxylic acids is 1. The molecule has 0 saturated heterocycles. The molecule has 0 unspecified atom stereocenters. The number of thiazole rings is 1. The molecule has 9 heteroatoms. The Morgan fingerprint density at radius 3 is 2.31 bits per heavy atom. The van der Waals surface area contributed by atoms with Crippen molar-refractivity contribution < 1.29 is 19.0 Å². The van der Waals surface area contributed by atoms with Crippen molar-refractivity contribution in [1.29, 1.82) is 0 Å². The van der Waals surface area contributed by atoms with E-state index >= 15 is 0 Å². The van der Waals surface area contributed by atoms with E-state index in [1.165, 1.54) is 32.7 Å². The van der Waals surface area contributed by atoms with Crippen LogP contribution in [-0.2, 0) is 0 Å². The molecule has 1 heterocycles. The van der Waals surface area contributed by atoms with Crippen molar-refractivity contribution in [3.05, 3.63) is 34.9 Å². The number of amides is 1. The van der Waals surface area contributed by atoms with E-state index in [-0.39, 0.29) is 5.91 Å². The Balaban J connectivity index is 1.95. The number of hydrogen-bond donors (Lipinski definition) is 2. The number of hydrazone groups is 1. The minimum Gasteiger partial charge on any atom is -0.493 e. The first kappa shape index (κ1) is 23.3. The van der Waals surface area contributed by atoms with Gasteiger partial charge in [-0.25, -0.2) is 4.98 Å². The van der Waals surface area contributed by atoms with E-state index in [9.17, 15) is 4.79 Å². The molecule has 32 heavy (non-hydrogen) atoms. The summed E-state index contributed by atoms with van der Waals surface area (Å²) in [7, 11) is 4.56. The molecule has 2 N–H and O–H groups in total. The number of benzene rings is 2. The zero-order chi connectivity index (χ0) is 23.4. The van der Waals surface area contributed by atoms with Gasteiger partial charge in [0.05, 0.1) is 31.5 Å². The highest BCUT2D eigenvalue weighted by molar-refractivity contribution is 7.22. The average Bonchev–Trinajstić information content (AvgIpc) is 3.21. The Morgan fingerprint density at radius 1 is 1.09 bits per heavy atom. The number of anilines is 2. The number of fused-ring (bicyclic) bond motifs is 1. The SMILES string of the molecule is CC/C(C)=N\Nc1nc2cc(C)c(NC(=O)c3cc(OC)c(OC)c(OC)c3)c(C)c2s1. The monoisotopic (exact) mass is 456 g/mol. The van der Waals surface area contributed by atoms with E-state index in [1.54, 1.807) is 12.1 Å². The second-order valence-electron chi connectivity index (χ2n) is 7.24. The number of aryl methyl sites for hydroxylation is 2. The summed E-state index contributed by atoms with van der Waals surface area (Å²) in [4.78, 5) is 17.7. The number of carbonyl (C=O) groups is 1. The Kier molecular flexibility index (Phi) is 7.19. The molecule has 0 aliphatic carbocycles. The third-order valence-corrected chi connectivity index (χ3v) is 6.23. The molecule has 2 aromatic carbocycles. The molecule has 3 rings (SSSR count). The third-order valence-electron chi connectivity index (χ3n) is 5.14. The number of nitrogens with one attached hydrogen (secondary N) is 2. The molecule has 1 amide bonds. The number of aromatic nitrogens is 1. The lowest BCUT2D eigenvalue weighted by Crippen LogP contribution is -2.14. The van der Waals surface area contributed by atoms with Crippen LogP contribution in [0.15, 0.2) is 23.3 Å².